The van der Waals surface area contributed by atoms with Crippen LogP contribution in [0.4, 0.5) is 0 Å². The second-order valence-corrected chi connectivity index (χ2v) is 4.76. The van der Waals surface area contributed by atoms with Crippen LogP contribution < -0.4 is 14.8 Å². The Hall–Kier alpha value is -1.26. The monoisotopic (exact) mass is 267 g/mol. The summed E-state index contributed by atoms with van der Waals surface area (Å²) in [4.78, 5) is 0. The van der Waals surface area contributed by atoms with Crippen LogP contribution in [0.2, 0.25) is 0 Å². The molecule has 0 fully saturated rings. The number of nitrogens with one attached hydrogen (secondary N) is 1. The first kappa shape index (κ1) is 15.8. The van der Waals surface area contributed by atoms with Crippen molar-refractivity contribution in [3.8, 4) is 11.5 Å². The number of methoxy groups -OCH3 is 1. The lowest BCUT2D eigenvalue weighted by atomic mass is 10.1. The van der Waals surface area contributed by atoms with Crippen LogP contribution in [0.25, 0.3) is 0 Å². The summed E-state index contributed by atoms with van der Waals surface area (Å²) in [5.41, 5.74) is 1.09. The smallest absolute Gasteiger partial charge is 0.165 e. The molecule has 1 aromatic carbocycles. The number of rotatable bonds is 9. The lowest BCUT2D eigenvalue weighted by molar-refractivity contribution is 0.246. The molecule has 1 rings (SSSR count). The molecule has 0 saturated carbocycles. The van der Waals surface area contributed by atoms with Gasteiger partial charge in [-0.1, -0.05) is 26.0 Å². The van der Waals surface area contributed by atoms with E-state index in [1.165, 1.54) is 0 Å². The predicted molar refractivity (Wildman–Crippen MR) is 76.8 cm³/mol. The molecule has 0 saturated heterocycles. The fourth-order valence-electron chi connectivity index (χ4n) is 1.73. The van der Waals surface area contributed by atoms with Gasteiger partial charge in [0.05, 0.1) is 13.7 Å². The van der Waals surface area contributed by atoms with E-state index in [0.29, 0.717) is 12.6 Å². The largest absolute Gasteiger partial charge is 0.493 e. The van der Waals surface area contributed by atoms with E-state index in [4.69, 9.17) is 14.6 Å². The third-order valence-corrected chi connectivity index (χ3v) is 2.78. The number of aliphatic hydroxyl groups is 1. The van der Waals surface area contributed by atoms with Crippen molar-refractivity contribution in [1.82, 2.24) is 5.32 Å². The second-order valence-electron chi connectivity index (χ2n) is 4.76. The maximum absolute atomic E-state index is 8.77. The number of hydrogen-bond acceptors (Lipinski definition) is 4. The lowest BCUT2D eigenvalue weighted by Crippen LogP contribution is -2.22. The summed E-state index contributed by atoms with van der Waals surface area (Å²) in [5, 5.41) is 12.2. The molecule has 0 aromatic heterocycles. The Morgan fingerprint density at radius 2 is 2.05 bits per heavy atom. The fraction of sp³-hybridized carbons (Fsp3) is 0.600. The van der Waals surface area contributed by atoms with Crippen LogP contribution >= 0.6 is 0 Å². The van der Waals surface area contributed by atoms with Gasteiger partial charge in [0.15, 0.2) is 11.5 Å². The van der Waals surface area contributed by atoms with Crippen LogP contribution in [0.5, 0.6) is 11.5 Å². The van der Waals surface area contributed by atoms with Gasteiger partial charge in [0, 0.05) is 24.8 Å². The van der Waals surface area contributed by atoms with Gasteiger partial charge in [0.2, 0.25) is 0 Å². The van der Waals surface area contributed by atoms with Gasteiger partial charge in [-0.05, 0) is 18.9 Å². The van der Waals surface area contributed by atoms with Crippen molar-refractivity contribution in [3.63, 3.8) is 0 Å². The molecule has 4 nitrogen and oxygen atoms in total. The van der Waals surface area contributed by atoms with Gasteiger partial charge in [-0.25, -0.2) is 0 Å². The Morgan fingerprint density at radius 1 is 1.26 bits per heavy atom. The summed E-state index contributed by atoms with van der Waals surface area (Å²) in [6, 6.07) is 6.34. The lowest BCUT2D eigenvalue weighted by Gasteiger charge is -2.16. The van der Waals surface area contributed by atoms with Crippen molar-refractivity contribution in [1.29, 1.82) is 0 Å². The van der Waals surface area contributed by atoms with E-state index in [9.17, 15) is 0 Å². The van der Waals surface area contributed by atoms with Gasteiger partial charge in [0.25, 0.3) is 0 Å². The highest BCUT2D eigenvalue weighted by Gasteiger charge is 2.10. The predicted octanol–water partition coefficient (Wildman–Crippen LogP) is 2.34. The molecule has 1 aromatic rings. The molecule has 0 unspecified atom stereocenters. The minimum absolute atomic E-state index is 0.205. The van der Waals surface area contributed by atoms with Gasteiger partial charge in [-0.3, -0.25) is 0 Å². The van der Waals surface area contributed by atoms with E-state index < -0.39 is 0 Å². The van der Waals surface area contributed by atoms with Crippen molar-refractivity contribution < 1.29 is 14.6 Å². The summed E-state index contributed by atoms with van der Waals surface area (Å²) in [5.74, 6) is 1.56. The Balaban J connectivity index is 2.71. The summed E-state index contributed by atoms with van der Waals surface area (Å²) >= 11 is 0. The molecule has 0 bridgehead atoms. The number of para-hydroxylation sites is 1. The average Bonchev–Trinajstić information content (AvgIpc) is 2.41. The van der Waals surface area contributed by atoms with Crippen LogP contribution in [0.1, 0.15) is 32.3 Å². The van der Waals surface area contributed by atoms with Crippen LogP contribution in [0.3, 0.4) is 0 Å². The molecule has 0 spiro atoms. The molecule has 19 heavy (non-hydrogen) atoms. The van der Waals surface area contributed by atoms with Gasteiger partial charge < -0.3 is 19.9 Å². The summed E-state index contributed by atoms with van der Waals surface area (Å²) < 4.78 is 11.2. The Kier molecular flexibility index (Phi) is 7.30. The zero-order valence-electron chi connectivity index (χ0n) is 12.1. The number of unbranched alkanes of at least 4 members (excludes halogenated alkanes) is 1. The Labute approximate surface area is 115 Å². The quantitative estimate of drug-likeness (QED) is 0.674. The van der Waals surface area contributed by atoms with E-state index >= 15 is 0 Å². The molecule has 0 aliphatic rings. The summed E-state index contributed by atoms with van der Waals surface area (Å²) in [6.07, 6.45) is 1.60. The molecule has 0 atom stereocenters. The van der Waals surface area contributed by atoms with Crippen LogP contribution in [-0.2, 0) is 6.54 Å². The molecule has 4 heteroatoms. The number of hydrogen-bond donors (Lipinski definition) is 2. The van der Waals surface area contributed by atoms with Crippen molar-refractivity contribution >= 4 is 0 Å². The van der Waals surface area contributed by atoms with Gasteiger partial charge in [-0.15, -0.1) is 0 Å². The highest BCUT2D eigenvalue weighted by molar-refractivity contribution is 5.46. The molecule has 2 N–H and O–H groups in total. The average molecular weight is 267 g/mol. The third-order valence-electron chi connectivity index (χ3n) is 2.78. The van der Waals surface area contributed by atoms with Gasteiger partial charge >= 0.3 is 0 Å². The van der Waals surface area contributed by atoms with E-state index in [1.807, 2.05) is 18.2 Å². The van der Waals surface area contributed by atoms with Gasteiger partial charge in [-0.2, -0.15) is 0 Å². The molecule has 108 valence electrons. The first-order chi connectivity index (χ1) is 9.19. The van der Waals surface area contributed by atoms with Crippen molar-refractivity contribution in [2.45, 2.75) is 39.3 Å². The molecule has 0 radical (unpaired) electrons. The maximum Gasteiger partial charge on any atom is 0.165 e. The fourth-order valence-corrected chi connectivity index (χ4v) is 1.73. The van der Waals surface area contributed by atoms with E-state index in [0.717, 1.165) is 36.4 Å². The first-order valence-corrected chi connectivity index (χ1v) is 6.82. The molecule has 0 amide bonds. The molecule has 0 heterocycles. The third kappa shape index (κ3) is 5.49. The minimum Gasteiger partial charge on any atom is -0.493 e. The van der Waals surface area contributed by atoms with Crippen LogP contribution in [0, 0.1) is 0 Å². The zero-order valence-corrected chi connectivity index (χ0v) is 12.1. The summed E-state index contributed by atoms with van der Waals surface area (Å²) in [6.45, 7) is 5.78. The molecule has 0 aliphatic heterocycles. The molecular formula is C15H25NO3. The Bertz CT molecular complexity index is 366. The van der Waals surface area contributed by atoms with E-state index in [1.54, 1.807) is 7.11 Å². The normalized spacial score (nSPS) is 10.8. The standard InChI is InChI=1S/C15H25NO3/c1-12(2)16-11-13-7-6-8-14(18-3)15(13)19-10-5-4-9-17/h6-8,12,16-17H,4-5,9-11H2,1-3H3. The molecular weight excluding hydrogens is 242 g/mol. The van der Waals surface area contributed by atoms with Crippen LogP contribution in [0.15, 0.2) is 18.2 Å². The van der Waals surface area contributed by atoms with Gasteiger partial charge in [0.1, 0.15) is 0 Å². The molecule has 0 aliphatic carbocycles. The highest BCUT2D eigenvalue weighted by atomic mass is 16.5. The number of aliphatic hydroxyl groups excluding tert-OH is 1. The number of benzene rings is 1. The second kappa shape index (κ2) is 8.77. The summed E-state index contributed by atoms with van der Waals surface area (Å²) in [7, 11) is 1.65. The van der Waals surface area contributed by atoms with E-state index in [2.05, 4.69) is 19.2 Å². The minimum atomic E-state index is 0.205. The van der Waals surface area contributed by atoms with Crippen molar-refractivity contribution in [2.75, 3.05) is 20.3 Å². The highest BCUT2D eigenvalue weighted by Crippen LogP contribution is 2.31. The van der Waals surface area contributed by atoms with Crippen molar-refractivity contribution in [3.05, 3.63) is 23.8 Å². The first-order valence-electron chi connectivity index (χ1n) is 6.82. The maximum atomic E-state index is 8.77. The SMILES string of the molecule is COc1cccc(CNC(C)C)c1OCCCCO. The Morgan fingerprint density at radius 3 is 2.68 bits per heavy atom. The van der Waals surface area contributed by atoms with Crippen LogP contribution in [-0.4, -0.2) is 31.5 Å². The van der Waals surface area contributed by atoms with Crippen molar-refractivity contribution in [2.24, 2.45) is 0 Å². The number of ether oxygens (including phenoxy) is 2. The van der Waals surface area contributed by atoms with E-state index in [-0.39, 0.29) is 6.61 Å². The topological polar surface area (TPSA) is 50.7 Å². The zero-order chi connectivity index (χ0) is 14.1.